The smallest absolute Gasteiger partial charge is 0.252 e. The Morgan fingerprint density at radius 1 is 1.11 bits per heavy atom. The van der Waals surface area contributed by atoms with Crippen LogP contribution in [0.2, 0.25) is 0 Å². The van der Waals surface area contributed by atoms with Gasteiger partial charge in [-0.1, -0.05) is 30.3 Å². The highest BCUT2D eigenvalue weighted by Gasteiger charge is 2.22. The summed E-state index contributed by atoms with van der Waals surface area (Å²) in [5.74, 6) is 0.420. The van der Waals surface area contributed by atoms with Gasteiger partial charge in [0.25, 0.3) is 5.91 Å². The molecule has 0 bridgehead atoms. The second kappa shape index (κ2) is 12.3. The molecular formula is C20H28IN5O2. The minimum atomic E-state index is -1.06. The maximum atomic E-state index is 12.0. The van der Waals surface area contributed by atoms with E-state index in [0.29, 0.717) is 31.2 Å². The van der Waals surface area contributed by atoms with Gasteiger partial charge in [0.2, 0.25) is 0 Å². The third-order valence-corrected chi connectivity index (χ3v) is 3.91. The number of pyridine rings is 1. The molecule has 152 valence electrons. The fourth-order valence-electron chi connectivity index (χ4n) is 2.42. The molecule has 0 saturated carbocycles. The minimum Gasteiger partial charge on any atom is -0.384 e. The molecule has 0 fully saturated rings. The van der Waals surface area contributed by atoms with Gasteiger partial charge >= 0.3 is 0 Å². The third-order valence-electron chi connectivity index (χ3n) is 3.91. The first-order valence-electron chi connectivity index (χ1n) is 9.01. The van der Waals surface area contributed by atoms with Gasteiger partial charge in [-0.2, -0.15) is 0 Å². The van der Waals surface area contributed by atoms with E-state index in [1.165, 1.54) is 6.20 Å². The summed E-state index contributed by atoms with van der Waals surface area (Å²) < 4.78 is 0. The number of carbonyl (C=O) groups excluding carboxylic acids is 1. The van der Waals surface area contributed by atoms with Crippen LogP contribution in [0, 0.1) is 0 Å². The van der Waals surface area contributed by atoms with E-state index in [-0.39, 0.29) is 36.4 Å². The molecule has 4 N–H and O–H groups in total. The molecule has 28 heavy (non-hydrogen) atoms. The van der Waals surface area contributed by atoms with Crippen LogP contribution in [-0.2, 0) is 5.60 Å². The highest BCUT2D eigenvalue weighted by atomic mass is 127. The lowest BCUT2D eigenvalue weighted by atomic mass is 9.96. The Morgan fingerprint density at radius 2 is 1.82 bits per heavy atom. The normalized spacial score (nSPS) is 13.0. The first kappa shape index (κ1) is 23.8. The van der Waals surface area contributed by atoms with E-state index in [1.807, 2.05) is 37.3 Å². The first-order chi connectivity index (χ1) is 13.0. The number of nitrogens with one attached hydrogen (secondary N) is 3. The predicted molar refractivity (Wildman–Crippen MR) is 122 cm³/mol. The van der Waals surface area contributed by atoms with Crippen LogP contribution in [0.15, 0.2) is 59.9 Å². The Balaban J connectivity index is 0.00000392. The summed E-state index contributed by atoms with van der Waals surface area (Å²) in [6, 6.07) is 12.9. The van der Waals surface area contributed by atoms with Gasteiger partial charge in [0.15, 0.2) is 5.96 Å². The third kappa shape index (κ3) is 7.81. The number of guanidine groups is 1. The zero-order valence-electron chi connectivity index (χ0n) is 16.2. The summed E-state index contributed by atoms with van der Waals surface area (Å²) in [6.45, 7) is 5.56. The van der Waals surface area contributed by atoms with Crippen LogP contribution in [0.4, 0.5) is 0 Å². The maximum Gasteiger partial charge on any atom is 0.252 e. The molecule has 1 atom stereocenters. The molecule has 1 amide bonds. The number of benzene rings is 1. The van der Waals surface area contributed by atoms with Crippen LogP contribution < -0.4 is 16.0 Å². The molecule has 1 heterocycles. The number of aliphatic imine (C=N–C) groups is 1. The largest absolute Gasteiger partial charge is 0.384 e. The standard InChI is InChI=1S/C20H27N5O2.HI/c1-3-22-19(25-15-20(2,27)17-9-5-4-6-10-17)24-13-12-23-18(26)16-8-7-11-21-14-16;/h4-11,14,27H,3,12-13,15H2,1-2H3,(H,23,26)(H2,22,24,25);1H. The Morgan fingerprint density at radius 3 is 2.46 bits per heavy atom. The lowest BCUT2D eigenvalue weighted by molar-refractivity contribution is 0.0672. The van der Waals surface area contributed by atoms with Gasteiger partial charge in [0.05, 0.1) is 12.1 Å². The molecule has 0 radical (unpaired) electrons. The second-order valence-corrected chi connectivity index (χ2v) is 6.26. The molecule has 0 aliphatic rings. The van der Waals surface area contributed by atoms with Gasteiger partial charge < -0.3 is 21.1 Å². The van der Waals surface area contributed by atoms with E-state index >= 15 is 0 Å². The lowest BCUT2D eigenvalue weighted by Crippen LogP contribution is -2.42. The molecule has 2 aromatic rings. The average Bonchev–Trinajstić information content (AvgIpc) is 2.70. The Kier molecular flexibility index (Phi) is 10.5. The van der Waals surface area contributed by atoms with Gasteiger partial charge in [-0.3, -0.25) is 9.78 Å². The summed E-state index contributed by atoms with van der Waals surface area (Å²) in [7, 11) is 0. The average molecular weight is 497 g/mol. The van der Waals surface area contributed by atoms with Gasteiger partial charge in [-0.15, -0.1) is 24.0 Å². The Labute approximate surface area is 183 Å². The number of hydrogen-bond acceptors (Lipinski definition) is 4. The van der Waals surface area contributed by atoms with E-state index in [4.69, 9.17) is 0 Å². The van der Waals surface area contributed by atoms with Crippen molar-refractivity contribution in [2.75, 3.05) is 26.2 Å². The van der Waals surface area contributed by atoms with Crippen molar-refractivity contribution in [3.05, 3.63) is 66.0 Å². The molecule has 0 aliphatic heterocycles. The maximum absolute atomic E-state index is 12.0. The van der Waals surface area contributed by atoms with Crippen molar-refractivity contribution in [1.29, 1.82) is 0 Å². The molecular weight excluding hydrogens is 469 g/mol. The van der Waals surface area contributed by atoms with Crippen LogP contribution in [0.3, 0.4) is 0 Å². The van der Waals surface area contributed by atoms with Crippen molar-refractivity contribution in [2.24, 2.45) is 4.99 Å². The molecule has 1 aromatic heterocycles. The predicted octanol–water partition coefficient (Wildman–Crippen LogP) is 1.89. The van der Waals surface area contributed by atoms with Crippen molar-refractivity contribution in [3.63, 3.8) is 0 Å². The monoisotopic (exact) mass is 497 g/mol. The van der Waals surface area contributed by atoms with Crippen LogP contribution in [-0.4, -0.2) is 48.1 Å². The molecule has 0 spiro atoms. The minimum absolute atomic E-state index is 0. The molecule has 8 heteroatoms. The first-order valence-corrected chi connectivity index (χ1v) is 9.01. The number of nitrogens with zero attached hydrogens (tertiary/aromatic N) is 2. The molecule has 1 unspecified atom stereocenters. The zero-order chi connectivity index (χ0) is 19.5. The van der Waals surface area contributed by atoms with Gasteiger partial charge in [-0.05, 0) is 31.5 Å². The van der Waals surface area contributed by atoms with Gasteiger partial charge in [-0.25, -0.2) is 4.99 Å². The fourth-order valence-corrected chi connectivity index (χ4v) is 2.42. The lowest BCUT2D eigenvalue weighted by Gasteiger charge is -2.22. The summed E-state index contributed by atoms with van der Waals surface area (Å²) in [6.07, 6.45) is 3.15. The SMILES string of the molecule is CCNC(=NCC(C)(O)c1ccccc1)NCCNC(=O)c1cccnc1.I. The molecule has 0 aliphatic carbocycles. The van der Waals surface area contributed by atoms with E-state index in [2.05, 4.69) is 25.9 Å². The fraction of sp³-hybridized carbons (Fsp3) is 0.350. The van der Waals surface area contributed by atoms with Crippen molar-refractivity contribution < 1.29 is 9.90 Å². The van der Waals surface area contributed by atoms with Gasteiger partial charge in [0, 0.05) is 32.0 Å². The quantitative estimate of drug-likeness (QED) is 0.193. The van der Waals surface area contributed by atoms with E-state index < -0.39 is 5.60 Å². The van der Waals surface area contributed by atoms with Crippen LogP contribution >= 0.6 is 24.0 Å². The summed E-state index contributed by atoms with van der Waals surface area (Å²) in [5.41, 5.74) is 0.281. The van der Waals surface area contributed by atoms with Crippen molar-refractivity contribution in [3.8, 4) is 0 Å². The number of amides is 1. The zero-order valence-corrected chi connectivity index (χ0v) is 18.5. The molecule has 0 saturated heterocycles. The second-order valence-electron chi connectivity index (χ2n) is 6.26. The number of halogens is 1. The van der Waals surface area contributed by atoms with E-state index in [0.717, 1.165) is 5.56 Å². The van der Waals surface area contributed by atoms with Crippen LogP contribution in [0.1, 0.15) is 29.8 Å². The summed E-state index contributed by atoms with van der Waals surface area (Å²) in [5, 5.41) is 19.7. The van der Waals surface area contributed by atoms with E-state index in [1.54, 1.807) is 25.3 Å². The van der Waals surface area contributed by atoms with Crippen molar-refractivity contribution >= 4 is 35.8 Å². The number of aromatic nitrogens is 1. The summed E-state index contributed by atoms with van der Waals surface area (Å²) in [4.78, 5) is 20.4. The number of aliphatic hydroxyl groups is 1. The highest BCUT2D eigenvalue weighted by Crippen LogP contribution is 2.20. The van der Waals surface area contributed by atoms with Crippen molar-refractivity contribution in [2.45, 2.75) is 19.4 Å². The topological polar surface area (TPSA) is 98.6 Å². The van der Waals surface area contributed by atoms with Gasteiger partial charge in [0.1, 0.15) is 5.60 Å². The molecule has 2 rings (SSSR count). The Bertz CT molecular complexity index is 739. The number of hydrogen-bond donors (Lipinski definition) is 4. The van der Waals surface area contributed by atoms with Crippen LogP contribution in [0.5, 0.6) is 0 Å². The Hall–Kier alpha value is -2.20. The summed E-state index contributed by atoms with van der Waals surface area (Å²) >= 11 is 0. The number of rotatable bonds is 8. The van der Waals surface area contributed by atoms with Crippen LogP contribution in [0.25, 0.3) is 0 Å². The van der Waals surface area contributed by atoms with E-state index in [9.17, 15) is 9.90 Å². The highest BCUT2D eigenvalue weighted by molar-refractivity contribution is 14.0. The van der Waals surface area contributed by atoms with Crippen molar-refractivity contribution in [1.82, 2.24) is 20.9 Å². The molecule has 7 nitrogen and oxygen atoms in total. The number of carbonyl (C=O) groups is 1. The molecule has 1 aromatic carbocycles.